The molecule has 0 aromatic heterocycles. The first-order valence-corrected chi connectivity index (χ1v) is 10.5. The molecule has 2 aliphatic rings. The van der Waals surface area contributed by atoms with Crippen molar-refractivity contribution < 1.29 is 9.59 Å². The van der Waals surface area contributed by atoms with E-state index in [0.717, 1.165) is 25.1 Å². The van der Waals surface area contributed by atoms with Crippen molar-refractivity contribution in [2.45, 2.75) is 20.3 Å². The van der Waals surface area contributed by atoms with Crippen LogP contribution in [-0.2, 0) is 9.59 Å². The molecule has 2 aliphatic heterocycles. The van der Waals surface area contributed by atoms with E-state index in [4.69, 9.17) is 23.2 Å². The normalized spacial score (nSPS) is 22.6. The van der Waals surface area contributed by atoms with Crippen molar-refractivity contribution in [1.29, 1.82) is 0 Å². The lowest BCUT2D eigenvalue weighted by Crippen LogP contribution is -2.42. The van der Waals surface area contributed by atoms with Gasteiger partial charge in [0.15, 0.2) is 0 Å². The zero-order valence-electron chi connectivity index (χ0n) is 16.4. The number of benzene rings is 2. The first-order valence-electron chi connectivity index (χ1n) is 9.75. The smallest absolute Gasteiger partial charge is 0.282 e. The van der Waals surface area contributed by atoms with Gasteiger partial charge in [0.1, 0.15) is 5.70 Å². The molecule has 4 nitrogen and oxygen atoms in total. The summed E-state index contributed by atoms with van der Waals surface area (Å²) in [6, 6.07) is 14.2. The van der Waals surface area contributed by atoms with Crippen molar-refractivity contribution in [3.05, 3.63) is 69.8 Å². The molecular weight excluding hydrogens is 407 g/mol. The SMILES string of the molecule is CC1CC(C)CN(C2=C(c3ccccc3)C(=O)N(c3ccc(Cl)c(Cl)c3)C2=O)C1. The van der Waals surface area contributed by atoms with Crippen LogP contribution in [-0.4, -0.2) is 29.8 Å². The predicted octanol–water partition coefficient (Wildman–Crippen LogP) is 5.26. The molecule has 6 heteroatoms. The fourth-order valence-corrected chi connectivity index (χ4v) is 4.67. The number of anilines is 1. The van der Waals surface area contributed by atoms with E-state index >= 15 is 0 Å². The summed E-state index contributed by atoms with van der Waals surface area (Å²) in [5.74, 6) is 0.254. The number of carbonyl (C=O) groups excluding carboxylic acids is 2. The van der Waals surface area contributed by atoms with Crippen molar-refractivity contribution in [3.63, 3.8) is 0 Å². The van der Waals surface area contributed by atoms with E-state index in [9.17, 15) is 9.59 Å². The van der Waals surface area contributed by atoms with Gasteiger partial charge in [0.25, 0.3) is 11.8 Å². The van der Waals surface area contributed by atoms with Crippen LogP contribution < -0.4 is 4.90 Å². The fourth-order valence-electron chi connectivity index (χ4n) is 4.38. The zero-order chi connectivity index (χ0) is 20.7. The zero-order valence-corrected chi connectivity index (χ0v) is 17.9. The summed E-state index contributed by atoms with van der Waals surface area (Å²) in [4.78, 5) is 30.3. The van der Waals surface area contributed by atoms with Gasteiger partial charge in [-0.15, -0.1) is 0 Å². The lowest BCUT2D eigenvalue weighted by Gasteiger charge is -2.37. The van der Waals surface area contributed by atoms with Gasteiger partial charge < -0.3 is 4.90 Å². The number of rotatable bonds is 3. The van der Waals surface area contributed by atoms with Gasteiger partial charge in [-0.2, -0.15) is 0 Å². The molecule has 1 fully saturated rings. The maximum atomic E-state index is 13.5. The second kappa shape index (κ2) is 7.85. The summed E-state index contributed by atoms with van der Waals surface area (Å²) < 4.78 is 0. The highest BCUT2D eigenvalue weighted by Gasteiger charge is 2.43. The van der Waals surface area contributed by atoms with Gasteiger partial charge in [0.05, 0.1) is 21.3 Å². The van der Waals surface area contributed by atoms with Gasteiger partial charge in [-0.3, -0.25) is 9.59 Å². The van der Waals surface area contributed by atoms with Gasteiger partial charge >= 0.3 is 0 Å². The standard InChI is InChI=1S/C23H22Cl2N2O2/c1-14-10-15(2)13-26(12-14)21-20(16-6-4-3-5-7-16)22(28)27(23(21)29)17-8-9-18(24)19(25)11-17/h3-9,11,14-15H,10,12-13H2,1-2H3. The minimum atomic E-state index is -0.333. The van der Waals surface area contributed by atoms with E-state index in [2.05, 4.69) is 18.7 Å². The molecule has 2 heterocycles. The van der Waals surface area contributed by atoms with E-state index in [1.165, 1.54) is 4.90 Å². The minimum Gasteiger partial charge on any atom is -0.366 e. The first kappa shape index (κ1) is 20.0. The number of carbonyl (C=O) groups is 2. The maximum absolute atomic E-state index is 13.5. The van der Waals surface area contributed by atoms with Crippen molar-refractivity contribution in [2.24, 2.45) is 11.8 Å². The third-order valence-electron chi connectivity index (χ3n) is 5.47. The van der Waals surface area contributed by atoms with Gasteiger partial charge in [-0.1, -0.05) is 67.4 Å². The van der Waals surface area contributed by atoms with Gasteiger partial charge in [-0.05, 0) is 42.0 Å². The summed E-state index contributed by atoms with van der Waals surface area (Å²) in [5, 5.41) is 0.685. The van der Waals surface area contributed by atoms with Crippen LogP contribution in [0.25, 0.3) is 5.57 Å². The molecule has 2 aromatic rings. The molecule has 0 saturated carbocycles. The molecule has 2 atom stereocenters. The maximum Gasteiger partial charge on any atom is 0.282 e. The average molecular weight is 429 g/mol. The molecule has 150 valence electrons. The van der Waals surface area contributed by atoms with Crippen LogP contribution in [0.5, 0.6) is 0 Å². The number of hydrogen-bond donors (Lipinski definition) is 0. The second-order valence-electron chi connectivity index (χ2n) is 7.98. The van der Waals surface area contributed by atoms with E-state index in [0.29, 0.717) is 38.8 Å². The van der Waals surface area contributed by atoms with Crippen LogP contribution in [0.4, 0.5) is 5.69 Å². The Balaban J connectivity index is 1.83. The molecule has 4 rings (SSSR count). The fraction of sp³-hybridized carbons (Fsp3) is 0.304. The monoisotopic (exact) mass is 428 g/mol. The topological polar surface area (TPSA) is 40.6 Å². The number of piperidine rings is 1. The van der Waals surface area contributed by atoms with E-state index in [-0.39, 0.29) is 11.8 Å². The largest absolute Gasteiger partial charge is 0.366 e. The van der Waals surface area contributed by atoms with Gasteiger partial charge in [0, 0.05) is 13.1 Å². The first-order chi connectivity index (χ1) is 13.9. The van der Waals surface area contributed by atoms with Crippen molar-refractivity contribution in [3.8, 4) is 0 Å². The van der Waals surface area contributed by atoms with Crippen LogP contribution in [0, 0.1) is 11.8 Å². The number of nitrogens with zero attached hydrogens (tertiary/aromatic N) is 2. The quantitative estimate of drug-likeness (QED) is 0.626. The summed E-state index contributed by atoms with van der Waals surface area (Å²) in [6.07, 6.45) is 1.11. The Bertz CT molecular complexity index is 993. The summed E-state index contributed by atoms with van der Waals surface area (Å²) in [5.41, 5.74) is 2.10. The molecule has 0 aliphatic carbocycles. The third-order valence-corrected chi connectivity index (χ3v) is 6.21. The Morgan fingerprint density at radius 1 is 0.862 bits per heavy atom. The van der Waals surface area contributed by atoms with Crippen LogP contribution in [0.1, 0.15) is 25.8 Å². The highest BCUT2D eigenvalue weighted by Crippen LogP contribution is 2.38. The van der Waals surface area contributed by atoms with Crippen LogP contribution >= 0.6 is 23.2 Å². The Labute approximate surface area is 180 Å². The van der Waals surface area contributed by atoms with Gasteiger partial charge in [-0.25, -0.2) is 4.90 Å². The Morgan fingerprint density at radius 2 is 1.52 bits per heavy atom. The van der Waals surface area contributed by atoms with Crippen molar-refractivity contribution in [1.82, 2.24) is 4.90 Å². The summed E-state index contributed by atoms with van der Waals surface area (Å²) >= 11 is 12.2. The number of amides is 2. The van der Waals surface area contributed by atoms with Crippen LogP contribution in [0.2, 0.25) is 10.0 Å². The van der Waals surface area contributed by atoms with Crippen LogP contribution in [0.15, 0.2) is 54.2 Å². The molecule has 0 bridgehead atoms. The molecular formula is C23H22Cl2N2O2. The molecule has 0 radical (unpaired) electrons. The van der Waals surface area contributed by atoms with Crippen molar-refractivity contribution in [2.75, 3.05) is 18.0 Å². The Morgan fingerprint density at radius 3 is 2.14 bits per heavy atom. The van der Waals surface area contributed by atoms with Crippen molar-refractivity contribution >= 4 is 46.3 Å². The number of imide groups is 1. The molecule has 29 heavy (non-hydrogen) atoms. The molecule has 2 unspecified atom stereocenters. The van der Waals surface area contributed by atoms with E-state index in [1.807, 2.05) is 30.3 Å². The number of hydrogen-bond acceptors (Lipinski definition) is 3. The summed E-state index contributed by atoms with van der Waals surface area (Å²) in [6.45, 7) is 5.88. The Kier molecular flexibility index (Phi) is 5.41. The highest BCUT2D eigenvalue weighted by atomic mass is 35.5. The second-order valence-corrected chi connectivity index (χ2v) is 8.80. The summed E-state index contributed by atoms with van der Waals surface area (Å²) in [7, 11) is 0. The number of likely N-dealkylation sites (tertiary alicyclic amines) is 1. The third kappa shape index (κ3) is 3.67. The lowest BCUT2D eigenvalue weighted by atomic mass is 9.91. The number of halogens is 2. The Hall–Kier alpha value is -2.30. The molecule has 2 aromatic carbocycles. The lowest BCUT2D eigenvalue weighted by molar-refractivity contribution is -0.120. The van der Waals surface area contributed by atoms with E-state index < -0.39 is 0 Å². The minimum absolute atomic E-state index is 0.305. The van der Waals surface area contributed by atoms with E-state index in [1.54, 1.807) is 18.2 Å². The predicted molar refractivity (Wildman–Crippen MR) is 117 cm³/mol. The van der Waals surface area contributed by atoms with Gasteiger partial charge in [0.2, 0.25) is 0 Å². The molecule has 0 spiro atoms. The highest BCUT2D eigenvalue weighted by molar-refractivity contribution is 6.46. The molecule has 2 amide bonds. The molecule has 1 saturated heterocycles. The van der Waals surface area contributed by atoms with Crippen LogP contribution in [0.3, 0.4) is 0 Å². The molecule has 0 N–H and O–H groups in total. The average Bonchev–Trinajstić information content (AvgIpc) is 2.94.